The molecule has 1 aromatic rings. The van der Waals surface area contributed by atoms with E-state index in [0.29, 0.717) is 23.4 Å². The van der Waals surface area contributed by atoms with Crippen LogP contribution >= 0.6 is 11.6 Å². The summed E-state index contributed by atoms with van der Waals surface area (Å²) in [6.07, 6.45) is -0.778. The van der Waals surface area contributed by atoms with Gasteiger partial charge in [-0.25, -0.2) is 9.79 Å². The molecule has 6 nitrogen and oxygen atoms in total. The summed E-state index contributed by atoms with van der Waals surface area (Å²) in [5.41, 5.74) is -0.547. The van der Waals surface area contributed by atoms with Crippen LogP contribution in [0.5, 0.6) is 0 Å². The molecule has 1 aromatic carbocycles. The van der Waals surface area contributed by atoms with Crippen LogP contribution in [0.2, 0.25) is 5.02 Å². The molecule has 1 unspecified atom stereocenters. The maximum absolute atomic E-state index is 12.8. The van der Waals surface area contributed by atoms with Gasteiger partial charge in [0.1, 0.15) is 0 Å². The third kappa shape index (κ3) is 2.72. The summed E-state index contributed by atoms with van der Waals surface area (Å²) < 4.78 is 5.51. The van der Waals surface area contributed by atoms with Crippen LogP contribution in [0.1, 0.15) is 31.2 Å². The third-order valence-electron chi connectivity index (χ3n) is 4.27. The zero-order chi connectivity index (χ0) is 16.6. The average molecular weight is 338 g/mol. The Hall–Kier alpha value is -1.92. The fourth-order valence-corrected chi connectivity index (χ4v) is 3.45. The van der Waals surface area contributed by atoms with E-state index < -0.39 is 23.7 Å². The Labute approximate surface area is 137 Å². The predicted molar refractivity (Wildman–Crippen MR) is 82.6 cm³/mol. The average Bonchev–Trinajstić information content (AvgIpc) is 2.49. The minimum Gasteiger partial charge on any atom is -0.479 e. The Balaban J connectivity index is 2.05. The van der Waals surface area contributed by atoms with E-state index in [-0.39, 0.29) is 18.1 Å². The molecule has 0 radical (unpaired) electrons. The number of benzene rings is 1. The normalized spacial score (nSPS) is 27.8. The van der Waals surface area contributed by atoms with Crippen molar-refractivity contribution >= 4 is 29.3 Å². The number of Topliss-reactive ketones (excluding diaryl/α,β-unsaturated/α-hetero) is 1. The van der Waals surface area contributed by atoms with Crippen LogP contribution in [0.3, 0.4) is 0 Å². The van der Waals surface area contributed by atoms with E-state index in [1.54, 1.807) is 24.3 Å². The molecule has 1 fully saturated rings. The van der Waals surface area contributed by atoms with Gasteiger partial charge in [-0.2, -0.15) is 0 Å². The van der Waals surface area contributed by atoms with Crippen molar-refractivity contribution in [1.29, 1.82) is 0 Å². The van der Waals surface area contributed by atoms with Gasteiger partial charge in [0.05, 0.1) is 6.42 Å². The zero-order valence-corrected chi connectivity index (χ0v) is 13.0. The first-order chi connectivity index (χ1) is 10.9. The number of hydrogen-bond donors (Lipinski definition) is 2. The van der Waals surface area contributed by atoms with Gasteiger partial charge in [0, 0.05) is 10.6 Å². The van der Waals surface area contributed by atoms with Gasteiger partial charge >= 0.3 is 5.97 Å². The molecule has 0 aromatic heterocycles. The molecule has 2 N–H and O–H groups in total. The van der Waals surface area contributed by atoms with Crippen molar-refractivity contribution in [3.05, 3.63) is 34.9 Å². The van der Waals surface area contributed by atoms with Gasteiger partial charge < -0.3 is 14.9 Å². The van der Waals surface area contributed by atoms with E-state index in [1.807, 2.05) is 0 Å². The fraction of sp³-hybridized carbons (Fsp3) is 0.438. The maximum atomic E-state index is 12.8. The lowest BCUT2D eigenvalue weighted by atomic mass is 9.74. The largest absolute Gasteiger partial charge is 0.479 e. The quantitative estimate of drug-likeness (QED) is 0.875. The summed E-state index contributed by atoms with van der Waals surface area (Å²) in [6, 6.07) is 7.00. The molecule has 122 valence electrons. The van der Waals surface area contributed by atoms with Crippen molar-refractivity contribution in [2.45, 2.75) is 43.4 Å². The smallest absolute Gasteiger partial charge is 0.333 e. The Morgan fingerprint density at radius 2 is 2.22 bits per heavy atom. The summed E-state index contributed by atoms with van der Waals surface area (Å²) in [7, 11) is 0. The van der Waals surface area contributed by atoms with Crippen molar-refractivity contribution in [2.75, 3.05) is 0 Å². The molecular formula is C16H16ClNO5. The summed E-state index contributed by atoms with van der Waals surface area (Å²) in [6.45, 7) is 0. The Morgan fingerprint density at radius 1 is 1.48 bits per heavy atom. The summed E-state index contributed by atoms with van der Waals surface area (Å²) in [5.74, 6) is -1.43. The number of ketones is 1. The molecular weight excluding hydrogens is 322 g/mol. The molecule has 3 atom stereocenters. The number of halogens is 1. The van der Waals surface area contributed by atoms with E-state index >= 15 is 0 Å². The standard InChI is InChI=1S/C16H16ClNO5/c17-10-5-2-1-4-9(10)16-7-3-6-12(14(16)20)23-13(18-16)8-11(19)15(21)22/h1-2,4-5,11-12,19H,3,6-8H2,(H,21,22)/t11?,12-,16-/m0/s1. The Bertz CT molecular complexity index is 689. The van der Waals surface area contributed by atoms with Gasteiger partial charge in [-0.15, -0.1) is 0 Å². The lowest BCUT2D eigenvalue weighted by Gasteiger charge is -2.41. The van der Waals surface area contributed by atoms with E-state index in [9.17, 15) is 14.7 Å². The molecule has 0 saturated heterocycles. The predicted octanol–water partition coefficient (Wildman–Crippen LogP) is 1.92. The molecule has 2 aliphatic rings. The first-order valence-corrected chi connectivity index (χ1v) is 7.77. The number of ether oxygens (including phenoxy) is 1. The van der Waals surface area contributed by atoms with Crippen LogP contribution < -0.4 is 0 Å². The minimum absolute atomic E-state index is 0.0871. The molecule has 1 aliphatic heterocycles. The van der Waals surface area contributed by atoms with Crippen molar-refractivity contribution < 1.29 is 24.5 Å². The van der Waals surface area contributed by atoms with Crippen LogP contribution in [0.4, 0.5) is 0 Å². The van der Waals surface area contributed by atoms with Crippen LogP contribution in [0.25, 0.3) is 0 Å². The van der Waals surface area contributed by atoms with Crippen molar-refractivity contribution in [2.24, 2.45) is 4.99 Å². The second kappa shape index (κ2) is 5.94. The molecule has 0 spiro atoms. The molecule has 0 amide bonds. The lowest BCUT2D eigenvalue weighted by Crippen LogP contribution is -2.51. The second-order valence-corrected chi connectivity index (χ2v) is 6.17. The number of hydrogen-bond acceptors (Lipinski definition) is 5. The number of aliphatic hydroxyl groups excluding tert-OH is 1. The molecule has 2 bridgehead atoms. The maximum Gasteiger partial charge on any atom is 0.333 e. The minimum atomic E-state index is -1.62. The highest BCUT2D eigenvalue weighted by Gasteiger charge is 2.51. The van der Waals surface area contributed by atoms with Gasteiger partial charge in [0.2, 0.25) is 5.78 Å². The number of aliphatic imine (C=N–C) groups is 1. The van der Waals surface area contributed by atoms with Crippen molar-refractivity contribution in [1.82, 2.24) is 0 Å². The zero-order valence-electron chi connectivity index (χ0n) is 12.2. The van der Waals surface area contributed by atoms with Crippen LogP contribution in [0.15, 0.2) is 29.3 Å². The number of aliphatic carboxylic acids is 1. The van der Waals surface area contributed by atoms with E-state index in [0.717, 1.165) is 6.42 Å². The fourth-order valence-electron chi connectivity index (χ4n) is 3.16. The molecule has 3 rings (SSSR count). The topological polar surface area (TPSA) is 96.2 Å². The van der Waals surface area contributed by atoms with Crippen LogP contribution in [0, 0.1) is 0 Å². The summed E-state index contributed by atoms with van der Waals surface area (Å²) in [5, 5.41) is 18.8. The van der Waals surface area contributed by atoms with Gasteiger partial charge in [0.15, 0.2) is 23.6 Å². The number of carboxylic acids is 1. The SMILES string of the molecule is O=C(O)C(O)CC1=N[C@]2(c3ccccc3Cl)CCC[C@H](O1)C2=O. The highest BCUT2D eigenvalue weighted by molar-refractivity contribution is 6.32. The number of nitrogens with zero attached hydrogens (tertiary/aromatic N) is 1. The number of carboxylic acid groups (broad SMARTS) is 1. The molecule has 1 aliphatic carbocycles. The van der Waals surface area contributed by atoms with Gasteiger partial charge in [0.25, 0.3) is 0 Å². The number of fused-ring (bicyclic) bond motifs is 2. The van der Waals surface area contributed by atoms with E-state index in [4.69, 9.17) is 21.4 Å². The third-order valence-corrected chi connectivity index (χ3v) is 4.60. The second-order valence-electron chi connectivity index (χ2n) is 5.77. The van der Waals surface area contributed by atoms with Gasteiger partial charge in [-0.3, -0.25) is 4.79 Å². The highest BCUT2D eigenvalue weighted by atomic mass is 35.5. The first kappa shape index (κ1) is 16.0. The molecule has 1 saturated carbocycles. The van der Waals surface area contributed by atoms with Crippen molar-refractivity contribution in [3.63, 3.8) is 0 Å². The lowest BCUT2D eigenvalue weighted by molar-refractivity contribution is -0.146. The number of carbonyl (C=O) groups excluding carboxylic acids is 1. The van der Waals surface area contributed by atoms with Crippen LogP contribution in [-0.4, -0.2) is 40.1 Å². The molecule has 1 heterocycles. The van der Waals surface area contributed by atoms with E-state index in [1.165, 1.54) is 0 Å². The Morgan fingerprint density at radius 3 is 2.91 bits per heavy atom. The highest BCUT2D eigenvalue weighted by Crippen LogP contribution is 2.44. The molecule has 7 heteroatoms. The number of aliphatic hydroxyl groups is 1. The summed E-state index contributed by atoms with van der Waals surface area (Å²) in [4.78, 5) is 28.0. The number of carbonyl (C=O) groups is 2. The number of rotatable bonds is 4. The van der Waals surface area contributed by atoms with E-state index in [2.05, 4.69) is 4.99 Å². The summed E-state index contributed by atoms with van der Waals surface area (Å²) >= 11 is 6.26. The van der Waals surface area contributed by atoms with Gasteiger partial charge in [-0.05, 0) is 25.3 Å². The van der Waals surface area contributed by atoms with Crippen molar-refractivity contribution in [3.8, 4) is 0 Å². The van der Waals surface area contributed by atoms with Gasteiger partial charge in [-0.1, -0.05) is 29.8 Å². The van der Waals surface area contributed by atoms with Crippen LogP contribution in [-0.2, 0) is 19.9 Å². The Kier molecular flexibility index (Phi) is 4.12. The molecule has 23 heavy (non-hydrogen) atoms. The first-order valence-electron chi connectivity index (χ1n) is 7.39. The monoisotopic (exact) mass is 337 g/mol.